The third-order valence-electron chi connectivity index (χ3n) is 13.3. The molecule has 15 unspecified atom stereocenters. The number of allylic oxidation sites excluding steroid dienone is 2. The number of methoxy groups -OCH3 is 5. The predicted octanol–water partition coefficient (Wildman–Crippen LogP) is 7.28. The molecule has 2 aliphatic heterocycles. The molecule has 0 saturated heterocycles. The molecule has 0 fully saturated rings. The van der Waals surface area contributed by atoms with Gasteiger partial charge in [-0.25, -0.2) is 9.59 Å². The average Bonchev–Trinajstić information content (AvgIpc) is 3.29. The number of hydrogen-bond donors (Lipinski definition) is 2. The van der Waals surface area contributed by atoms with Crippen molar-refractivity contribution in [1.82, 2.24) is 4.90 Å². The van der Waals surface area contributed by atoms with Crippen LogP contribution in [0.1, 0.15) is 99.8 Å². The number of Topliss-reactive ketones (excluding diaryl/α,β-unsaturated/α-hetero) is 1. The summed E-state index contributed by atoms with van der Waals surface area (Å²) >= 11 is 0. The lowest BCUT2D eigenvalue weighted by Gasteiger charge is -2.35. The molecule has 0 aromatic heterocycles. The first-order chi connectivity index (χ1) is 31.3. The minimum absolute atomic E-state index is 0.0554. The number of rotatable bonds is 17. The van der Waals surface area contributed by atoms with Crippen LogP contribution in [0.15, 0.2) is 72.0 Å². The monoisotopic (exact) mass is 930 g/mol. The Morgan fingerprint density at radius 2 is 1.55 bits per heavy atom. The van der Waals surface area contributed by atoms with E-state index in [4.69, 9.17) is 33.2 Å². The normalized spacial score (nSPS) is 32.5. The van der Waals surface area contributed by atoms with Crippen molar-refractivity contribution in [2.75, 3.05) is 42.6 Å². The second kappa shape index (κ2) is 30.6. The molecule has 0 saturated carbocycles. The first-order valence-corrected chi connectivity index (χ1v) is 23.5. The van der Waals surface area contributed by atoms with Crippen molar-refractivity contribution in [2.45, 2.75) is 155 Å². The number of ketones is 1. The van der Waals surface area contributed by atoms with Gasteiger partial charge in [-0.1, -0.05) is 89.6 Å². The van der Waals surface area contributed by atoms with Crippen LogP contribution in [0.3, 0.4) is 0 Å². The fourth-order valence-corrected chi connectivity index (χ4v) is 8.82. The number of aliphatic hydroxyl groups is 2. The third kappa shape index (κ3) is 19.5. The number of cyclic esters (lactones) is 1. The number of ether oxygens (including phenoxy) is 7. The molecule has 2 aliphatic rings. The van der Waals surface area contributed by atoms with Crippen molar-refractivity contribution in [1.29, 1.82) is 0 Å². The molecule has 0 spiro atoms. The summed E-state index contributed by atoms with van der Waals surface area (Å²) in [6, 6.07) is 0. The van der Waals surface area contributed by atoms with E-state index in [1.54, 1.807) is 54.9 Å². The molecule has 0 aromatic carbocycles. The summed E-state index contributed by atoms with van der Waals surface area (Å²) < 4.78 is 41.0. The van der Waals surface area contributed by atoms with E-state index in [-0.39, 0.29) is 65.7 Å². The molecule has 0 aromatic rings. The number of amides is 1. The molecule has 66 heavy (non-hydrogen) atoms. The Morgan fingerprint density at radius 3 is 2.17 bits per heavy atom. The zero-order valence-electron chi connectivity index (χ0n) is 42.0. The molecule has 14 heteroatoms. The van der Waals surface area contributed by atoms with E-state index in [0.717, 1.165) is 5.57 Å². The Morgan fingerprint density at radius 1 is 0.879 bits per heavy atom. The van der Waals surface area contributed by atoms with Crippen molar-refractivity contribution < 1.29 is 62.5 Å². The maximum atomic E-state index is 13.6. The average molecular weight is 930 g/mol. The van der Waals surface area contributed by atoms with Gasteiger partial charge in [-0.15, -0.1) is 0 Å². The van der Waals surface area contributed by atoms with E-state index in [0.29, 0.717) is 63.3 Å². The number of carbonyl (C=O) groups is 4. The van der Waals surface area contributed by atoms with E-state index >= 15 is 0 Å². The maximum Gasteiger partial charge on any atom is 0.331 e. The molecular weight excluding hydrogens is 847 g/mol. The van der Waals surface area contributed by atoms with Gasteiger partial charge in [0.2, 0.25) is 6.41 Å². The number of nitrogens with zero attached hydrogens (tertiary/aromatic N) is 1. The zero-order valence-corrected chi connectivity index (χ0v) is 42.0. The lowest BCUT2D eigenvalue weighted by molar-refractivity contribution is -0.155. The SMILES string of the molecule is COC1/C=C/C(C)C(O)CC(OC)/C=C/C(C)C(C(C)C(OC)C(C)CCC(=O)C(C)C(C/C=C/N(C)C=O)OC)OC(=O)/C=C\C=C(/C)CC(OC)CC2=CC(=O)OC(C(C)CC1)C2O. The van der Waals surface area contributed by atoms with Gasteiger partial charge in [0.05, 0.1) is 36.6 Å². The fourth-order valence-electron chi connectivity index (χ4n) is 8.82. The fraction of sp³-hybridized carbons (Fsp3) is 0.692. The van der Waals surface area contributed by atoms with Crippen molar-refractivity contribution in [2.24, 2.45) is 35.5 Å². The molecule has 2 N–H and O–H groups in total. The van der Waals surface area contributed by atoms with Crippen LogP contribution < -0.4 is 0 Å². The van der Waals surface area contributed by atoms with E-state index in [1.807, 2.05) is 84.9 Å². The number of esters is 2. The number of aliphatic hydroxyl groups excluding tert-OH is 2. The van der Waals surface area contributed by atoms with Crippen LogP contribution in [0.4, 0.5) is 0 Å². The Balaban J connectivity index is 2.45. The molecule has 374 valence electrons. The van der Waals surface area contributed by atoms with Crippen molar-refractivity contribution >= 4 is 24.1 Å². The Hall–Kier alpha value is -3.76. The van der Waals surface area contributed by atoms with Gasteiger partial charge in [0.25, 0.3) is 0 Å². The molecule has 0 radical (unpaired) electrons. The number of carbonyl (C=O) groups excluding carboxylic acids is 4. The third-order valence-corrected chi connectivity index (χ3v) is 13.3. The highest BCUT2D eigenvalue weighted by atomic mass is 16.6. The maximum absolute atomic E-state index is 13.6. The first-order valence-electron chi connectivity index (χ1n) is 23.5. The van der Waals surface area contributed by atoms with Gasteiger partial charge < -0.3 is 48.3 Å². The number of fused-ring (bicyclic) bond motifs is 2. The van der Waals surface area contributed by atoms with Crippen LogP contribution in [-0.2, 0) is 52.3 Å². The standard InChI is InChI=1S/C52H83NO13/c1-33-16-14-18-47(57)65-51(39(7)50(64-13)35(3)22-26-44(55)38(6)46(63-12)17-15-27-53(8)32-54)36(4)21-25-42(61-10)31-45(56)34(2)19-23-41(60-9)24-20-37(5)52-49(59)40(30-48(58)66-52)29-43(28-33)62-11/h14-16,18-19,21,23,25,27,30,32,34-39,41-43,45-46,49-52,56,59H,17,20,22,24,26,28-29,31H2,1-13H3/b18-14-,23-19+,25-21+,27-15+,33-16+. The summed E-state index contributed by atoms with van der Waals surface area (Å²) in [4.78, 5) is 52.2. The van der Waals surface area contributed by atoms with Crippen LogP contribution in [0.25, 0.3) is 0 Å². The molecule has 15 atom stereocenters. The minimum atomic E-state index is -1.00. The summed E-state index contributed by atoms with van der Waals surface area (Å²) in [5, 5.41) is 22.7. The lowest BCUT2D eigenvalue weighted by atomic mass is 9.81. The smallest absolute Gasteiger partial charge is 0.331 e. The molecule has 14 nitrogen and oxygen atoms in total. The molecular formula is C52H83NO13. The van der Waals surface area contributed by atoms with Gasteiger partial charge >= 0.3 is 11.9 Å². The van der Waals surface area contributed by atoms with E-state index in [1.165, 1.54) is 17.1 Å². The summed E-state index contributed by atoms with van der Waals surface area (Å²) in [7, 11) is 9.64. The lowest BCUT2D eigenvalue weighted by Crippen LogP contribution is -2.42. The van der Waals surface area contributed by atoms with Gasteiger partial charge in [0.1, 0.15) is 24.1 Å². The van der Waals surface area contributed by atoms with E-state index < -0.39 is 42.5 Å². The van der Waals surface area contributed by atoms with Crippen LogP contribution >= 0.6 is 0 Å². The minimum Gasteiger partial charge on any atom is -0.458 e. The Labute approximate surface area is 395 Å². The van der Waals surface area contributed by atoms with E-state index in [9.17, 15) is 29.4 Å². The zero-order chi connectivity index (χ0) is 49.5. The quantitative estimate of drug-likeness (QED) is 0.0846. The molecule has 2 bridgehead atoms. The van der Waals surface area contributed by atoms with Crippen molar-refractivity contribution in [3.63, 3.8) is 0 Å². The second-order valence-electron chi connectivity index (χ2n) is 18.5. The highest BCUT2D eigenvalue weighted by Crippen LogP contribution is 2.32. The van der Waals surface area contributed by atoms with Crippen LogP contribution in [-0.4, -0.2) is 137 Å². The van der Waals surface area contributed by atoms with Crippen molar-refractivity contribution in [3.8, 4) is 0 Å². The van der Waals surface area contributed by atoms with Gasteiger partial charge in [-0.2, -0.15) is 0 Å². The van der Waals surface area contributed by atoms with Gasteiger partial charge in [-0.05, 0) is 62.9 Å². The first kappa shape index (κ1) is 58.4. The molecule has 2 rings (SSSR count). The Bertz CT molecular complexity index is 1670. The van der Waals surface area contributed by atoms with Gasteiger partial charge in [0.15, 0.2) is 0 Å². The second-order valence-corrected chi connectivity index (χ2v) is 18.5. The Kier molecular flexibility index (Phi) is 27.0. The van der Waals surface area contributed by atoms with Crippen LogP contribution in [0.5, 0.6) is 0 Å². The molecule has 2 heterocycles. The number of hydrogen-bond acceptors (Lipinski definition) is 13. The van der Waals surface area contributed by atoms with Crippen LogP contribution in [0.2, 0.25) is 0 Å². The topological polar surface area (TPSA) is 177 Å². The largest absolute Gasteiger partial charge is 0.458 e. The summed E-state index contributed by atoms with van der Waals surface area (Å²) in [6.07, 6.45) is 16.7. The van der Waals surface area contributed by atoms with Crippen LogP contribution in [0, 0.1) is 35.5 Å². The van der Waals surface area contributed by atoms with Crippen molar-refractivity contribution in [3.05, 3.63) is 72.0 Å². The highest BCUT2D eigenvalue weighted by Gasteiger charge is 2.37. The summed E-state index contributed by atoms with van der Waals surface area (Å²) in [5.74, 6) is -2.51. The summed E-state index contributed by atoms with van der Waals surface area (Å²) in [5.41, 5.74) is 1.45. The highest BCUT2D eigenvalue weighted by molar-refractivity contribution is 5.84. The predicted molar refractivity (Wildman–Crippen MR) is 255 cm³/mol. The molecule has 1 amide bonds. The van der Waals surface area contributed by atoms with Gasteiger partial charge in [-0.3, -0.25) is 9.59 Å². The van der Waals surface area contributed by atoms with E-state index in [2.05, 4.69) is 0 Å². The molecule has 0 aliphatic carbocycles. The van der Waals surface area contributed by atoms with Gasteiger partial charge in [0, 0.05) is 97.5 Å². The summed E-state index contributed by atoms with van der Waals surface area (Å²) in [6.45, 7) is 13.6.